The molecule has 2 saturated heterocycles. The van der Waals surface area contributed by atoms with Gasteiger partial charge in [-0.1, -0.05) is 52.8 Å². The predicted molar refractivity (Wildman–Crippen MR) is 140 cm³/mol. The second kappa shape index (κ2) is 9.93. The van der Waals surface area contributed by atoms with Gasteiger partial charge in [-0.2, -0.15) is 5.26 Å². The van der Waals surface area contributed by atoms with Crippen LogP contribution in [0.1, 0.15) is 65.9 Å². The summed E-state index contributed by atoms with van der Waals surface area (Å²) in [6.45, 7) is 11.5. The summed E-state index contributed by atoms with van der Waals surface area (Å²) in [4.78, 5) is 54.1. The summed E-state index contributed by atoms with van der Waals surface area (Å²) in [6.07, 6.45) is 0.105. The number of benzene rings is 1. The first-order chi connectivity index (χ1) is 17.8. The molecule has 38 heavy (non-hydrogen) atoms. The van der Waals surface area contributed by atoms with Crippen LogP contribution in [0.2, 0.25) is 0 Å². The third-order valence-corrected chi connectivity index (χ3v) is 8.34. The first kappa shape index (κ1) is 27.4. The predicted octanol–water partition coefficient (Wildman–Crippen LogP) is 2.91. The number of rotatable bonds is 7. The van der Waals surface area contributed by atoms with Crippen molar-refractivity contribution in [2.45, 2.75) is 84.5 Å². The van der Waals surface area contributed by atoms with E-state index in [0.717, 1.165) is 5.56 Å². The molecule has 2 bridgehead atoms. The molecule has 204 valence electrons. The van der Waals surface area contributed by atoms with Crippen molar-refractivity contribution in [3.63, 3.8) is 0 Å². The number of nitrogens with one attached hydrogen (secondary N) is 3. The second-order valence-electron chi connectivity index (χ2n) is 12.1. The van der Waals surface area contributed by atoms with Crippen molar-refractivity contribution in [2.75, 3.05) is 11.9 Å². The van der Waals surface area contributed by atoms with E-state index in [4.69, 9.17) is 4.74 Å². The first-order valence-electron chi connectivity index (χ1n) is 13.2. The highest BCUT2D eigenvalue weighted by Gasteiger charge is 2.67. The highest BCUT2D eigenvalue weighted by atomic mass is 16.5. The Morgan fingerprint density at radius 2 is 1.92 bits per heavy atom. The largest absolute Gasteiger partial charge is 0.450 e. The zero-order valence-electron chi connectivity index (χ0n) is 22.8. The molecule has 4 amide bonds. The molecule has 6 atom stereocenters. The molecule has 3 aliphatic heterocycles. The molecule has 1 aliphatic carbocycles. The molecule has 10 nitrogen and oxygen atoms in total. The van der Waals surface area contributed by atoms with Crippen LogP contribution in [-0.4, -0.2) is 59.5 Å². The Kier molecular flexibility index (Phi) is 7.17. The van der Waals surface area contributed by atoms with Crippen molar-refractivity contribution in [1.29, 1.82) is 5.26 Å². The van der Waals surface area contributed by atoms with E-state index in [9.17, 15) is 24.4 Å². The minimum absolute atomic E-state index is 0.0884. The fourth-order valence-corrected chi connectivity index (χ4v) is 6.16. The highest BCUT2D eigenvalue weighted by Crippen LogP contribution is 2.59. The SMILES string of the molecule is CCOC(=O)N[C@H](C(=O)N1C(C(=O)N[C@H](C#N)CC2C(=O)Nc3ccccc32)[C@H]2C[C@H]1C2(C)C)C(C)(C)C. The van der Waals surface area contributed by atoms with E-state index in [-0.39, 0.29) is 42.2 Å². The van der Waals surface area contributed by atoms with Gasteiger partial charge in [0.05, 0.1) is 18.6 Å². The highest BCUT2D eigenvalue weighted by molar-refractivity contribution is 6.03. The lowest BCUT2D eigenvalue weighted by Crippen LogP contribution is -2.59. The van der Waals surface area contributed by atoms with Crippen molar-refractivity contribution < 1.29 is 23.9 Å². The Hall–Kier alpha value is -3.61. The van der Waals surface area contributed by atoms with E-state index in [0.29, 0.717) is 12.1 Å². The molecule has 3 fully saturated rings. The number of hydrogen-bond acceptors (Lipinski definition) is 6. The molecule has 5 rings (SSSR count). The zero-order valence-corrected chi connectivity index (χ0v) is 22.8. The number of fused-ring (bicyclic) bond motifs is 2. The average molecular weight is 524 g/mol. The molecule has 4 aliphatic rings. The molecule has 2 unspecified atom stereocenters. The molecule has 1 aromatic rings. The Balaban J connectivity index is 1.54. The summed E-state index contributed by atoms with van der Waals surface area (Å²) in [5.41, 5.74) is 0.575. The van der Waals surface area contributed by atoms with Crippen LogP contribution in [0, 0.1) is 28.1 Å². The molecule has 0 aromatic heterocycles. The van der Waals surface area contributed by atoms with E-state index < -0.39 is 41.5 Å². The van der Waals surface area contributed by atoms with Crippen molar-refractivity contribution in [2.24, 2.45) is 16.7 Å². The lowest BCUT2D eigenvalue weighted by molar-refractivity contribution is -0.143. The molecular formula is C28H37N5O5. The molecule has 0 radical (unpaired) electrons. The van der Waals surface area contributed by atoms with Crippen LogP contribution in [0.5, 0.6) is 0 Å². The van der Waals surface area contributed by atoms with Gasteiger partial charge in [0.2, 0.25) is 17.7 Å². The molecular weight excluding hydrogens is 486 g/mol. The fraction of sp³-hybridized carbons (Fsp3) is 0.607. The summed E-state index contributed by atoms with van der Waals surface area (Å²) in [6, 6.07) is 6.66. The third-order valence-electron chi connectivity index (χ3n) is 8.34. The number of amides is 4. The maximum absolute atomic E-state index is 13.9. The number of hydrogen-bond donors (Lipinski definition) is 3. The van der Waals surface area contributed by atoms with Crippen molar-refractivity contribution in [3.05, 3.63) is 29.8 Å². The minimum atomic E-state index is -0.918. The first-order valence-corrected chi connectivity index (χ1v) is 13.2. The Morgan fingerprint density at radius 3 is 2.53 bits per heavy atom. The maximum Gasteiger partial charge on any atom is 0.407 e. The lowest BCUT2D eigenvalue weighted by Gasteiger charge is -2.45. The molecule has 0 spiro atoms. The van der Waals surface area contributed by atoms with Gasteiger partial charge in [-0.15, -0.1) is 0 Å². The lowest BCUT2D eigenvalue weighted by atomic mass is 9.61. The zero-order chi connectivity index (χ0) is 28.0. The topological polar surface area (TPSA) is 141 Å². The van der Waals surface area contributed by atoms with E-state index in [1.54, 1.807) is 17.9 Å². The fourth-order valence-electron chi connectivity index (χ4n) is 6.16. The number of para-hydroxylation sites is 1. The smallest absolute Gasteiger partial charge is 0.407 e. The van der Waals surface area contributed by atoms with Gasteiger partial charge in [-0.25, -0.2) is 4.79 Å². The summed E-state index contributed by atoms with van der Waals surface area (Å²) in [5.74, 6) is -1.62. The minimum Gasteiger partial charge on any atom is -0.450 e. The van der Waals surface area contributed by atoms with E-state index in [2.05, 4.69) is 22.0 Å². The van der Waals surface area contributed by atoms with Gasteiger partial charge in [0, 0.05) is 11.7 Å². The monoisotopic (exact) mass is 523 g/mol. The van der Waals surface area contributed by atoms with E-state index in [1.807, 2.05) is 52.8 Å². The Morgan fingerprint density at radius 1 is 1.24 bits per heavy atom. The van der Waals surface area contributed by atoms with Gasteiger partial charge >= 0.3 is 6.09 Å². The molecule has 3 N–H and O–H groups in total. The average Bonchev–Trinajstić information content (AvgIpc) is 3.48. The quantitative estimate of drug-likeness (QED) is 0.502. The Bertz CT molecular complexity index is 1180. The van der Waals surface area contributed by atoms with Gasteiger partial charge < -0.3 is 25.6 Å². The summed E-state index contributed by atoms with van der Waals surface area (Å²) >= 11 is 0. The molecule has 3 heterocycles. The number of carbonyl (C=O) groups is 4. The number of alkyl carbamates (subject to hydrolysis) is 1. The standard InChI is InChI=1S/C28H37N5O5/c1-7-38-26(37)32-22(27(2,3)4)25(36)33-20-13-18(28(20,5)6)21(33)24(35)30-15(14-29)12-17-16-10-8-9-11-19(16)31-23(17)34/h8-11,15,17-18,20-22H,7,12-13H2,1-6H3,(H,30,35)(H,31,34)(H,32,37)/t15-,17?,18+,20-,21?,22+/m0/s1. The molecule has 1 aromatic carbocycles. The van der Waals surface area contributed by atoms with Crippen LogP contribution in [-0.2, 0) is 19.1 Å². The van der Waals surface area contributed by atoms with Gasteiger partial charge in [-0.3, -0.25) is 14.4 Å². The van der Waals surface area contributed by atoms with Crippen molar-refractivity contribution in [3.8, 4) is 6.07 Å². The second-order valence-corrected chi connectivity index (χ2v) is 12.1. The summed E-state index contributed by atoms with van der Waals surface area (Å²) < 4.78 is 5.03. The van der Waals surface area contributed by atoms with Crippen LogP contribution in [0.4, 0.5) is 10.5 Å². The van der Waals surface area contributed by atoms with Crippen LogP contribution in [0.25, 0.3) is 0 Å². The van der Waals surface area contributed by atoms with E-state index >= 15 is 0 Å². The molecule has 10 heteroatoms. The van der Waals surface area contributed by atoms with Crippen LogP contribution < -0.4 is 16.0 Å². The van der Waals surface area contributed by atoms with Gasteiger partial charge in [0.1, 0.15) is 18.1 Å². The van der Waals surface area contributed by atoms with Gasteiger partial charge in [0.15, 0.2) is 0 Å². The number of ether oxygens (including phenoxy) is 1. The number of nitrogens with zero attached hydrogens (tertiary/aromatic N) is 2. The summed E-state index contributed by atoms with van der Waals surface area (Å²) in [5, 5.41) is 18.2. The Labute approximate surface area is 223 Å². The van der Waals surface area contributed by atoms with Crippen LogP contribution >= 0.6 is 0 Å². The number of nitriles is 1. The maximum atomic E-state index is 13.9. The van der Waals surface area contributed by atoms with Gasteiger partial charge in [-0.05, 0) is 48.1 Å². The van der Waals surface area contributed by atoms with Crippen molar-refractivity contribution in [1.82, 2.24) is 15.5 Å². The van der Waals surface area contributed by atoms with E-state index in [1.165, 1.54) is 0 Å². The number of carbonyl (C=O) groups excluding carboxylic acids is 4. The van der Waals surface area contributed by atoms with Crippen LogP contribution in [0.3, 0.4) is 0 Å². The van der Waals surface area contributed by atoms with Crippen LogP contribution in [0.15, 0.2) is 24.3 Å². The van der Waals surface area contributed by atoms with Crippen molar-refractivity contribution >= 4 is 29.5 Å². The third kappa shape index (κ3) is 4.70. The van der Waals surface area contributed by atoms with Gasteiger partial charge in [0.25, 0.3) is 0 Å². The summed E-state index contributed by atoms with van der Waals surface area (Å²) in [7, 11) is 0. The normalized spacial score (nSPS) is 26.2. The molecule has 1 saturated carbocycles. The number of anilines is 1.